The number of benzene rings is 3. The van der Waals surface area contributed by atoms with Crippen molar-refractivity contribution in [2.75, 3.05) is 36.4 Å². The van der Waals surface area contributed by atoms with Gasteiger partial charge in [-0.05, 0) is 61.1 Å². The minimum atomic E-state index is -0.273. The van der Waals surface area contributed by atoms with Gasteiger partial charge in [0.1, 0.15) is 0 Å². The third-order valence-corrected chi connectivity index (χ3v) is 6.37. The average molecular weight is 519 g/mol. The Labute approximate surface area is 221 Å². The fourth-order valence-corrected chi connectivity index (χ4v) is 4.48. The molecule has 8 heteroatoms. The first-order chi connectivity index (χ1) is 17.4. The highest BCUT2D eigenvalue weighted by Gasteiger charge is 2.21. The zero-order valence-corrected chi connectivity index (χ0v) is 21.5. The van der Waals surface area contributed by atoms with Crippen LogP contribution in [0, 0.1) is 6.92 Å². The summed E-state index contributed by atoms with van der Waals surface area (Å²) in [6.07, 6.45) is 3.46. The van der Waals surface area contributed by atoms with Crippen LogP contribution in [0.15, 0.2) is 78.9 Å². The molecule has 2 amide bonds. The van der Waals surface area contributed by atoms with Crippen LogP contribution in [0.2, 0.25) is 5.02 Å². The van der Waals surface area contributed by atoms with Crippen molar-refractivity contribution in [1.29, 1.82) is 0 Å². The largest absolute Gasteiger partial charge is 0.367 e. The van der Waals surface area contributed by atoms with Crippen LogP contribution < -0.4 is 15.5 Å². The summed E-state index contributed by atoms with van der Waals surface area (Å²) in [5.41, 5.74) is 4.11. The molecule has 184 valence electrons. The van der Waals surface area contributed by atoms with Crippen LogP contribution in [-0.4, -0.2) is 48.0 Å². The number of halogens is 1. The molecular weight excluding hydrogens is 492 g/mol. The first kappa shape index (κ1) is 25.4. The Morgan fingerprint density at radius 1 is 0.944 bits per heavy atom. The fraction of sp³-hybridized carbons (Fsp3) is 0.179. The van der Waals surface area contributed by atoms with E-state index in [1.807, 2.05) is 72.5 Å². The van der Waals surface area contributed by atoms with Crippen LogP contribution in [0.1, 0.15) is 21.5 Å². The van der Waals surface area contributed by atoms with Crippen molar-refractivity contribution >= 4 is 58.2 Å². The number of rotatable bonds is 5. The molecule has 1 saturated heterocycles. The van der Waals surface area contributed by atoms with Gasteiger partial charge in [-0.3, -0.25) is 14.9 Å². The van der Waals surface area contributed by atoms with Crippen LogP contribution in [0.3, 0.4) is 0 Å². The van der Waals surface area contributed by atoms with E-state index in [0.717, 1.165) is 16.8 Å². The molecule has 3 aromatic rings. The Kier molecular flexibility index (Phi) is 8.36. The highest BCUT2D eigenvalue weighted by atomic mass is 35.5. The molecule has 1 heterocycles. The van der Waals surface area contributed by atoms with Crippen molar-refractivity contribution in [2.45, 2.75) is 6.92 Å². The molecule has 1 aliphatic heterocycles. The molecule has 0 aromatic heterocycles. The average Bonchev–Trinajstić information content (AvgIpc) is 2.88. The van der Waals surface area contributed by atoms with E-state index < -0.39 is 0 Å². The van der Waals surface area contributed by atoms with Gasteiger partial charge in [0, 0.05) is 43.5 Å². The van der Waals surface area contributed by atoms with E-state index in [0.29, 0.717) is 42.5 Å². The summed E-state index contributed by atoms with van der Waals surface area (Å²) < 4.78 is 0. The number of nitrogens with zero attached hydrogens (tertiary/aromatic N) is 2. The van der Waals surface area contributed by atoms with Crippen molar-refractivity contribution < 1.29 is 9.59 Å². The monoisotopic (exact) mass is 518 g/mol. The van der Waals surface area contributed by atoms with Gasteiger partial charge in [0.25, 0.3) is 5.91 Å². The number of hydrogen-bond donors (Lipinski definition) is 2. The molecule has 4 rings (SSSR count). The minimum absolute atomic E-state index is 0.00497. The van der Waals surface area contributed by atoms with E-state index in [9.17, 15) is 9.59 Å². The van der Waals surface area contributed by atoms with E-state index in [-0.39, 0.29) is 16.9 Å². The highest BCUT2D eigenvalue weighted by molar-refractivity contribution is 7.80. The smallest absolute Gasteiger partial charge is 0.257 e. The van der Waals surface area contributed by atoms with Crippen molar-refractivity contribution in [3.63, 3.8) is 0 Å². The number of carbonyl (C=O) groups is 2. The summed E-state index contributed by atoms with van der Waals surface area (Å²) in [5.74, 6) is -0.268. The maximum Gasteiger partial charge on any atom is 0.257 e. The van der Waals surface area contributed by atoms with Gasteiger partial charge >= 0.3 is 0 Å². The van der Waals surface area contributed by atoms with E-state index in [2.05, 4.69) is 15.5 Å². The van der Waals surface area contributed by atoms with Gasteiger partial charge < -0.3 is 15.1 Å². The number of nitrogens with one attached hydrogen (secondary N) is 2. The highest BCUT2D eigenvalue weighted by Crippen LogP contribution is 2.29. The number of piperazine rings is 1. The predicted molar refractivity (Wildman–Crippen MR) is 151 cm³/mol. The lowest BCUT2D eigenvalue weighted by atomic mass is 10.1. The Balaban J connectivity index is 1.30. The van der Waals surface area contributed by atoms with E-state index in [4.69, 9.17) is 23.8 Å². The molecule has 3 aromatic carbocycles. The topological polar surface area (TPSA) is 64.7 Å². The molecule has 1 fully saturated rings. The molecule has 6 nitrogen and oxygen atoms in total. The fourth-order valence-electron chi connectivity index (χ4n) is 3.97. The number of thiocarbonyl (C=S) groups is 1. The molecule has 0 saturated carbocycles. The first-order valence-electron chi connectivity index (χ1n) is 11.6. The summed E-state index contributed by atoms with van der Waals surface area (Å²) in [7, 11) is 0. The van der Waals surface area contributed by atoms with Gasteiger partial charge in [0.05, 0.1) is 10.7 Å². The SMILES string of the molecule is Cc1cccc(C(=O)NC(=S)Nc2ccc(N3CCN(C(=O)/C=C/c4ccccc4)CC3)c(Cl)c2)c1. The molecule has 36 heavy (non-hydrogen) atoms. The lowest BCUT2D eigenvalue weighted by Gasteiger charge is -2.36. The quantitative estimate of drug-likeness (QED) is 0.362. The van der Waals surface area contributed by atoms with Gasteiger partial charge in [0.2, 0.25) is 5.91 Å². The molecule has 1 aliphatic rings. The molecule has 0 atom stereocenters. The predicted octanol–water partition coefficient (Wildman–Crippen LogP) is 5.14. The summed E-state index contributed by atoms with van der Waals surface area (Å²) in [4.78, 5) is 29.0. The van der Waals surface area contributed by atoms with Crippen molar-refractivity contribution in [2.24, 2.45) is 0 Å². The number of anilines is 2. The van der Waals surface area contributed by atoms with Crippen LogP contribution in [0.4, 0.5) is 11.4 Å². The van der Waals surface area contributed by atoms with E-state index in [1.54, 1.807) is 24.3 Å². The Bertz CT molecular complexity index is 1290. The lowest BCUT2D eigenvalue weighted by Crippen LogP contribution is -2.48. The Morgan fingerprint density at radius 3 is 2.39 bits per heavy atom. The van der Waals surface area contributed by atoms with E-state index in [1.165, 1.54) is 0 Å². The van der Waals surface area contributed by atoms with Crippen LogP contribution in [0.25, 0.3) is 6.08 Å². The number of aryl methyl sites for hydroxylation is 1. The molecule has 0 bridgehead atoms. The molecule has 0 radical (unpaired) electrons. The second kappa shape index (κ2) is 11.8. The van der Waals surface area contributed by atoms with Gasteiger partial charge in [-0.25, -0.2) is 0 Å². The summed E-state index contributed by atoms with van der Waals surface area (Å²) >= 11 is 11.9. The second-order valence-corrected chi connectivity index (χ2v) is 9.32. The van der Waals surface area contributed by atoms with Crippen molar-refractivity contribution in [3.05, 3.63) is 101 Å². The number of carbonyl (C=O) groups excluding carboxylic acids is 2. The molecule has 0 aliphatic carbocycles. The third-order valence-electron chi connectivity index (χ3n) is 5.86. The molecular formula is C28H27ClN4O2S. The van der Waals surface area contributed by atoms with Crippen LogP contribution in [0.5, 0.6) is 0 Å². The van der Waals surface area contributed by atoms with Crippen LogP contribution >= 0.6 is 23.8 Å². The van der Waals surface area contributed by atoms with Crippen molar-refractivity contribution in [3.8, 4) is 0 Å². The zero-order chi connectivity index (χ0) is 25.5. The van der Waals surface area contributed by atoms with Gasteiger partial charge in [-0.1, -0.05) is 59.6 Å². The lowest BCUT2D eigenvalue weighted by molar-refractivity contribution is -0.126. The second-order valence-electron chi connectivity index (χ2n) is 8.50. The number of amides is 2. The standard InChI is InChI=1S/C28H27ClN4O2S/c1-20-6-5-9-22(18-20)27(35)31-28(36)30-23-11-12-25(24(29)19-23)32-14-16-33(17-15-32)26(34)13-10-21-7-3-2-4-8-21/h2-13,18-19H,14-17H2,1H3,(H2,30,31,35,36)/b13-10+. The van der Waals surface area contributed by atoms with Gasteiger partial charge in [0.15, 0.2) is 5.11 Å². The Hall–Kier alpha value is -3.68. The summed E-state index contributed by atoms with van der Waals surface area (Å²) in [6, 6.07) is 22.6. The maximum absolute atomic E-state index is 12.6. The molecule has 2 N–H and O–H groups in total. The van der Waals surface area contributed by atoms with Crippen molar-refractivity contribution in [1.82, 2.24) is 10.2 Å². The minimum Gasteiger partial charge on any atom is -0.367 e. The zero-order valence-electron chi connectivity index (χ0n) is 19.9. The first-order valence-corrected chi connectivity index (χ1v) is 12.4. The molecule has 0 spiro atoms. The van der Waals surface area contributed by atoms with Gasteiger partial charge in [-0.2, -0.15) is 0 Å². The maximum atomic E-state index is 12.6. The molecule has 0 unspecified atom stereocenters. The third kappa shape index (κ3) is 6.71. The van der Waals surface area contributed by atoms with Crippen LogP contribution in [-0.2, 0) is 4.79 Å². The number of hydrogen-bond acceptors (Lipinski definition) is 4. The Morgan fingerprint density at radius 2 is 1.69 bits per heavy atom. The normalized spacial score (nSPS) is 13.5. The van der Waals surface area contributed by atoms with E-state index >= 15 is 0 Å². The summed E-state index contributed by atoms with van der Waals surface area (Å²) in [5, 5.41) is 6.47. The van der Waals surface area contributed by atoms with Gasteiger partial charge in [-0.15, -0.1) is 0 Å². The summed E-state index contributed by atoms with van der Waals surface area (Å²) in [6.45, 7) is 4.52.